The Morgan fingerprint density at radius 2 is 2.14 bits per heavy atom. The van der Waals surface area contributed by atoms with Crippen molar-refractivity contribution in [1.82, 2.24) is 0 Å². The Labute approximate surface area is 127 Å². The van der Waals surface area contributed by atoms with Crippen LogP contribution in [0.25, 0.3) is 11.6 Å². The zero-order valence-electron chi connectivity index (χ0n) is 11.5. The summed E-state index contributed by atoms with van der Waals surface area (Å²) in [6.45, 7) is 2.22. The molecule has 0 unspecified atom stereocenters. The van der Waals surface area contributed by atoms with E-state index in [1.807, 2.05) is 18.2 Å². The second kappa shape index (κ2) is 4.50. The molecule has 3 nitrogen and oxygen atoms in total. The lowest BCUT2D eigenvalue weighted by Gasteiger charge is -1.98. The van der Waals surface area contributed by atoms with Gasteiger partial charge in [0.25, 0.3) is 5.91 Å². The highest BCUT2D eigenvalue weighted by Gasteiger charge is 2.36. The average molecular weight is 300 g/mol. The Morgan fingerprint density at radius 1 is 1.33 bits per heavy atom. The first kappa shape index (κ1) is 12.7. The van der Waals surface area contributed by atoms with Gasteiger partial charge in [0.05, 0.1) is 11.3 Å². The number of hydrogen-bond donors (Lipinski definition) is 1. The molecule has 1 N–H and O–H groups in total. The van der Waals surface area contributed by atoms with Crippen LogP contribution in [0.1, 0.15) is 36.3 Å². The molecule has 0 radical (unpaired) electrons. The number of halogens is 1. The van der Waals surface area contributed by atoms with Crippen molar-refractivity contribution in [3.8, 4) is 0 Å². The molecule has 1 aliphatic heterocycles. The Hall–Kier alpha value is -2.00. The standard InChI is InChI=1S/C17H14ClNO2/c1-9-6-13(9)16-5-3-11(21-16)8-14-12-4-2-10(18)7-15(12)19-17(14)20/h2-5,7-9,13H,6H2,1H3,(H,19,20)/b14-8-/t9-,13-/m0/s1. The molecule has 106 valence electrons. The number of furan rings is 1. The van der Waals surface area contributed by atoms with Gasteiger partial charge < -0.3 is 9.73 Å². The minimum atomic E-state index is -0.120. The van der Waals surface area contributed by atoms with E-state index in [4.69, 9.17) is 16.0 Å². The van der Waals surface area contributed by atoms with Gasteiger partial charge in [-0.2, -0.15) is 0 Å². The second-order valence-corrected chi connectivity index (χ2v) is 6.20. The van der Waals surface area contributed by atoms with Gasteiger partial charge in [0, 0.05) is 16.5 Å². The molecule has 1 aromatic heterocycles. The number of amides is 1. The first-order valence-corrected chi connectivity index (χ1v) is 7.42. The van der Waals surface area contributed by atoms with Crippen molar-refractivity contribution in [2.24, 2.45) is 5.92 Å². The fourth-order valence-corrected chi connectivity index (χ4v) is 2.99. The van der Waals surface area contributed by atoms with Crippen molar-refractivity contribution >= 4 is 34.8 Å². The van der Waals surface area contributed by atoms with Crippen LogP contribution in [0.4, 0.5) is 5.69 Å². The number of carbonyl (C=O) groups is 1. The molecular formula is C17H14ClNO2. The molecule has 0 spiro atoms. The predicted molar refractivity (Wildman–Crippen MR) is 83.2 cm³/mol. The monoisotopic (exact) mass is 299 g/mol. The highest BCUT2D eigenvalue weighted by molar-refractivity contribution is 6.36. The lowest BCUT2D eigenvalue weighted by molar-refractivity contribution is -0.110. The zero-order chi connectivity index (χ0) is 14.6. The van der Waals surface area contributed by atoms with Gasteiger partial charge in [-0.3, -0.25) is 4.79 Å². The van der Waals surface area contributed by atoms with Gasteiger partial charge in [-0.15, -0.1) is 0 Å². The first-order valence-electron chi connectivity index (χ1n) is 7.04. The summed E-state index contributed by atoms with van der Waals surface area (Å²) in [7, 11) is 0. The van der Waals surface area contributed by atoms with E-state index in [1.54, 1.807) is 18.2 Å². The van der Waals surface area contributed by atoms with Gasteiger partial charge in [-0.05, 0) is 42.7 Å². The third-order valence-corrected chi connectivity index (χ3v) is 4.41. The number of carbonyl (C=O) groups excluding carboxylic acids is 1. The SMILES string of the molecule is C[C@H]1C[C@@H]1c1ccc(/C=C2\C(=O)Nc3cc(Cl)ccc32)o1. The Morgan fingerprint density at radius 3 is 2.90 bits per heavy atom. The molecule has 0 saturated heterocycles. The molecule has 4 rings (SSSR count). The summed E-state index contributed by atoms with van der Waals surface area (Å²) in [5.74, 6) is 2.86. The minimum Gasteiger partial charge on any atom is -0.461 e. The lowest BCUT2D eigenvalue weighted by atomic mass is 10.1. The minimum absolute atomic E-state index is 0.120. The van der Waals surface area contributed by atoms with E-state index >= 15 is 0 Å². The van der Waals surface area contributed by atoms with E-state index < -0.39 is 0 Å². The van der Waals surface area contributed by atoms with E-state index in [0.717, 1.165) is 22.8 Å². The van der Waals surface area contributed by atoms with Crippen LogP contribution < -0.4 is 5.32 Å². The average Bonchev–Trinajstić information content (AvgIpc) is 2.88. The fourth-order valence-electron chi connectivity index (χ4n) is 2.82. The molecule has 0 bridgehead atoms. The number of fused-ring (bicyclic) bond motifs is 1. The molecule has 2 aromatic rings. The van der Waals surface area contributed by atoms with Crippen LogP contribution in [-0.4, -0.2) is 5.91 Å². The number of nitrogens with one attached hydrogen (secondary N) is 1. The highest BCUT2D eigenvalue weighted by atomic mass is 35.5. The van der Waals surface area contributed by atoms with Gasteiger partial charge in [0.2, 0.25) is 0 Å². The maximum absolute atomic E-state index is 12.1. The molecule has 1 fully saturated rings. The topological polar surface area (TPSA) is 42.2 Å². The predicted octanol–water partition coefficient (Wildman–Crippen LogP) is 4.55. The van der Waals surface area contributed by atoms with Crippen molar-refractivity contribution in [2.45, 2.75) is 19.3 Å². The van der Waals surface area contributed by atoms with Crippen LogP contribution >= 0.6 is 11.6 Å². The maximum Gasteiger partial charge on any atom is 0.256 e. The quantitative estimate of drug-likeness (QED) is 0.827. The number of hydrogen-bond acceptors (Lipinski definition) is 2. The molecule has 1 aliphatic carbocycles. The van der Waals surface area contributed by atoms with Gasteiger partial charge in [-0.1, -0.05) is 24.6 Å². The first-order chi connectivity index (χ1) is 10.1. The van der Waals surface area contributed by atoms with E-state index in [9.17, 15) is 4.79 Å². The normalized spacial score (nSPS) is 25.0. The van der Waals surface area contributed by atoms with Crippen LogP contribution in [0.3, 0.4) is 0 Å². The summed E-state index contributed by atoms with van der Waals surface area (Å²) in [6, 6.07) is 9.34. The van der Waals surface area contributed by atoms with Gasteiger partial charge >= 0.3 is 0 Å². The van der Waals surface area contributed by atoms with Crippen LogP contribution in [0.2, 0.25) is 5.02 Å². The molecule has 2 atom stereocenters. The second-order valence-electron chi connectivity index (χ2n) is 5.76. The maximum atomic E-state index is 12.1. The molecule has 2 heterocycles. The van der Waals surface area contributed by atoms with Crippen molar-refractivity contribution in [3.63, 3.8) is 0 Å². The summed E-state index contributed by atoms with van der Waals surface area (Å²) in [4.78, 5) is 12.1. The number of rotatable bonds is 2. The molecule has 21 heavy (non-hydrogen) atoms. The van der Waals surface area contributed by atoms with Gasteiger partial charge in [0.15, 0.2) is 0 Å². The molecular weight excluding hydrogens is 286 g/mol. The Kier molecular flexibility index (Phi) is 2.73. The smallest absolute Gasteiger partial charge is 0.256 e. The van der Waals surface area contributed by atoms with E-state index in [1.165, 1.54) is 6.42 Å². The highest BCUT2D eigenvalue weighted by Crippen LogP contribution is 2.47. The summed E-state index contributed by atoms with van der Waals surface area (Å²) in [6.07, 6.45) is 2.98. The van der Waals surface area contributed by atoms with Crippen molar-refractivity contribution in [2.75, 3.05) is 5.32 Å². The molecule has 1 aromatic carbocycles. The van der Waals surface area contributed by atoms with Gasteiger partial charge in [-0.25, -0.2) is 0 Å². The van der Waals surface area contributed by atoms with Crippen LogP contribution in [-0.2, 0) is 4.79 Å². The largest absolute Gasteiger partial charge is 0.461 e. The molecule has 2 aliphatic rings. The van der Waals surface area contributed by atoms with Gasteiger partial charge in [0.1, 0.15) is 11.5 Å². The van der Waals surface area contributed by atoms with E-state index in [2.05, 4.69) is 12.2 Å². The summed E-state index contributed by atoms with van der Waals surface area (Å²) in [5, 5.41) is 3.43. The van der Waals surface area contributed by atoms with E-state index in [-0.39, 0.29) is 5.91 Å². The van der Waals surface area contributed by atoms with Crippen molar-refractivity contribution in [1.29, 1.82) is 0 Å². The summed E-state index contributed by atoms with van der Waals surface area (Å²) in [5.41, 5.74) is 2.23. The van der Waals surface area contributed by atoms with Crippen LogP contribution in [0, 0.1) is 5.92 Å². The number of anilines is 1. The lowest BCUT2D eigenvalue weighted by Crippen LogP contribution is -2.03. The molecule has 1 amide bonds. The molecule has 4 heteroatoms. The van der Waals surface area contributed by atoms with Crippen LogP contribution in [0.5, 0.6) is 0 Å². The van der Waals surface area contributed by atoms with Crippen molar-refractivity contribution in [3.05, 3.63) is 52.4 Å². The third kappa shape index (κ3) is 2.18. The third-order valence-electron chi connectivity index (χ3n) is 4.17. The van der Waals surface area contributed by atoms with E-state index in [0.29, 0.717) is 22.4 Å². The van der Waals surface area contributed by atoms with Crippen LogP contribution in [0.15, 0.2) is 34.7 Å². The number of benzene rings is 1. The molecule has 1 saturated carbocycles. The Balaban J connectivity index is 1.70. The van der Waals surface area contributed by atoms with Crippen molar-refractivity contribution < 1.29 is 9.21 Å². The Bertz CT molecular complexity index is 775. The summed E-state index contributed by atoms with van der Waals surface area (Å²) >= 11 is 5.95. The zero-order valence-corrected chi connectivity index (χ0v) is 12.3. The summed E-state index contributed by atoms with van der Waals surface area (Å²) < 4.78 is 5.84. The fraction of sp³-hybridized carbons (Fsp3) is 0.235.